The summed E-state index contributed by atoms with van der Waals surface area (Å²) in [4.78, 5) is 30.3. The summed E-state index contributed by atoms with van der Waals surface area (Å²) in [6, 6.07) is 0. The summed E-state index contributed by atoms with van der Waals surface area (Å²) < 4.78 is 10.7. The number of alkyl carbamates (subject to hydrolysis) is 1. The van der Waals surface area contributed by atoms with Gasteiger partial charge in [0.25, 0.3) is 0 Å². The summed E-state index contributed by atoms with van der Waals surface area (Å²) in [5.74, 6) is 1.15. The second-order valence-electron chi connectivity index (χ2n) is 9.49. The third kappa shape index (κ3) is 11.7. The molecule has 1 rings (SSSR count). The van der Waals surface area contributed by atoms with Gasteiger partial charge >= 0.3 is 12.2 Å². The zero-order chi connectivity index (χ0) is 22.8. The number of hydrogen-bond acceptors (Lipinski definition) is 5. The molecule has 0 aromatic carbocycles. The minimum absolute atomic E-state index is 0.239. The van der Waals surface area contributed by atoms with Crippen LogP contribution in [0.15, 0.2) is 4.99 Å². The van der Waals surface area contributed by atoms with Gasteiger partial charge in [0.2, 0.25) is 0 Å². The van der Waals surface area contributed by atoms with Crippen LogP contribution in [0.1, 0.15) is 61.3 Å². The number of aliphatic imine (C=N–C) groups is 1. The average molecular weight is 428 g/mol. The van der Waals surface area contributed by atoms with Crippen molar-refractivity contribution in [1.82, 2.24) is 20.9 Å². The molecular weight excluding hydrogens is 386 g/mol. The molecule has 0 saturated carbocycles. The molecule has 1 aliphatic heterocycles. The summed E-state index contributed by atoms with van der Waals surface area (Å²) in [5.41, 5.74) is -0.976. The molecule has 0 radical (unpaired) electrons. The van der Waals surface area contributed by atoms with Crippen LogP contribution in [0.3, 0.4) is 0 Å². The number of nitrogens with zero attached hydrogens (tertiary/aromatic N) is 2. The van der Waals surface area contributed by atoms with Gasteiger partial charge in [-0.3, -0.25) is 4.99 Å². The van der Waals surface area contributed by atoms with E-state index in [4.69, 9.17) is 9.47 Å². The summed E-state index contributed by atoms with van der Waals surface area (Å²) in [6.45, 7) is 17.0. The summed E-state index contributed by atoms with van der Waals surface area (Å²) in [7, 11) is 0. The van der Waals surface area contributed by atoms with Gasteiger partial charge in [0, 0.05) is 39.3 Å². The molecule has 9 nitrogen and oxygen atoms in total. The molecule has 0 bridgehead atoms. The molecule has 0 aromatic heterocycles. The number of carbonyl (C=O) groups excluding carboxylic acids is 2. The fraction of sp³-hybridized carbons (Fsp3) is 0.857. The topological polar surface area (TPSA) is 104 Å². The van der Waals surface area contributed by atoms with Crippen molar-refractivity contribution in [2.24, 2.45) is 10.9 Å². The van der Waals surface area contributed by atoms with Crippen molar-refractivity contribution in [3.63, 3.8) is 0 Å². The fourth-order valence-electron chi connectivity index (χ4n) is 2.85. The lowest BCUT2D eigenvalue weighted by molar-refractivity contribution is 0.0186. The smallest absolute Gasteiger partial charge is 0.410 e. The first-order valence-electron chi connectivity index (χ1n) is 10.9. The highest BCUT2D eigenvalue weighted by atomic mass is 16.6. The second-order valence-corrected chi connectivity index (χ2v) is 9.49. The molecule has 30 heavy (non-hydrogen) atoms. The van der Waals surface area contributed by atoms with Gasteiger partial charge < -0.3 is 30.3 Å². The Morgan fingerprint density at radius 2 is 1.50 bits per heavy atom. The Bertz CT molecular complexity index is 573. The predicted octanol–water partition coefficient (Wildman–Crippen LogP) is 2.71. The van der Waals surface area contributed by atoms with E-state index in [0.29, 0.717) is 38.6 Å². The Morgan fingerprint density at radius 1 is 0.933 bits per heavy atom. The van der Waals surface area contributed by atoms with Crippen LogP contribution in [0.4, 0.5) is 9.59 Å². The van der Waals surface area contributed by atoms with Gasteiger partial charge in [0.1, 0.15) is 11.2 Å². The van der Waals surface area contributed by atoms with Crippen molar-refractivity contribution in [2.75, 3.05) is 39.3 Å². The molecule has 0 spiro atoms. The van der Waals surface area contributed by atoms with Gasteiger partial charge in [-0.15, -0.1) is 0 Å². The highest BCUT2D eigenvalue weighted by molar-refractivity contribution is 5.79. The van der Waals surface area contributed by atoms with Crippen LogP contribution in [0, 0.1) is 5.92 Å². The van der Waals surface area contributed by atoms with Crippen molar-refractivity contribution in [1.29, 1.82) is 0 Å². The van der Waals surface area contributed by atoms with E-state index in [9.17, 15) is 9.59 Å². The Labute approximate surface area is 181 Å². The van der Waals surface area contributed by atoms with Gasteiger partial charge in [0.05, 0.1) is 0 Å². The molecule has 1 heterocycles. The van der Waals surface area contributed by atoms with E-state index in [-0.39, 0.29) is 6.09 Å². The van der Waals surface area contributed by atoms with Gasteiger partial charge in [-0.1, -0.05) is 0 Å². The van der Waals surface area contributed by atoms with E-state index in [1.165, 1.54) is 0 Å². The Kier molecular flexibility index (Phi) is 10.2. The Balaban J connectivity index is 2.36. The molecule has 1 aliphatic rings. The van der Waals surface area contributed by atoms with E-state index < -0.39 is 17.3 Å². The van der Waals surface area contributed by atoms with Crippen LogP contribution < -0.4 is 16.0 Å². The molecular formula is C21H41N5O4. The first-order chi connectivity index (χ1) is 13.9. The maximum absolute atomic E-state index is 12.2. The quantitative estimate of drug-likeness (QED) is 0.342. The number of guanidine groups is 1. The average Bonchev–Trinajstić information content (AvgIpc) is 2.60. The maximum Gasteiger partial charge on any atom is 0.410 e. The normalized spacial score (nSPS) is 16.1. The Morgan fingerprint density at radius 3 is 2.03 bits per heavy atom. The SMILES string of the molecule is CCNC(=NCC1CCN(C(=O)OC(C)(C)C)CC1)NCCNC(=O)OC(C)(C)C. The lowest BCUT2D eigenvalue weighted by Crippen LogP contribution is -2.43. The molecule has 0 atom stereocenters. The lowest BCUT2D eigenvalue weighted by Gasteiger charge is -2.33. The van der Waals surface area contributed by atoms with Crippen molar-refractivity contribution in [3.8, 4) is 0 Å². The van der Waals surface area contributed by atoms with E-state index >= 15 is 0 Å². The van der Waals surface area contributed by atoms with Crippen molar-refractivity contribution < 1.29 is 19.1 Å². The summed E-state index contributed by atoms with van der Waals surface area (Å²) >= 11 is 0. The number of rotatable bonds is 6. The number of hydrogen-bond donors (Lipinski definition) is 3. The van der Waals surface area contributed by atoms with Gasteiger partial charge in [-0.25, -0.2) is 9.59 Å². The molecule has 0 unspecified atom stereocenters. The summed E-state index contributed by atoms with van der Waals surface area (Å²) in [5, 5.41) is 9.14. The molecule has 1 saturated heterocycles. The van der Waals surface area contributed by atoms with Crippen LogP contribution in [-0.4, -0.2) is 73.5 Å². The van der Waals surface area contributed by atoms with Crippen molar-refractivity contribution in [2.45, 2.75) is 72.5 Å². The number of ether oxygens (including phenoxy) is 2. The first-order valence-corrected chi connectivity index (χ1v) is 10.9. The second kappa shape index (κ2) is 11.9. The minimum atomic E-state index is -0.507. The predicted molar refractivity (Wildman–Crippen MR) is 119 cm³/mol. The first kappa shape index (κ1) is 25.8. The van der Waals surface area contributed by atoms with Crippen LogP contribution >= 0.6 is 0 Å². The monoisotopic (exact) mass is 427 g/mol. The number of nitrogens with one attached hydrogen (secondary N) is 3. The molecule has 9 heteroatoms. The largest absolute Gasteiger partial charge is 0.444 e. The lowest BCUT2D eigenvalue weighted by atomic mass is 9.97. The zero-order valence-electron chi connectivity index (χ0n) is 19.8. The number of piperidine rings is 1. The minimum Gasteiger partial charge on any atom is -0.444 e. The highest BCUT2D eigenvalue weighted by Gasteiger charge is 2.26. The van der Waals surface area contributed by atoms with Gasteiger partial charge in [0.15, 0.2) is 5.96 Å². The van der Waals surface area contributed by atoms with Crippen LogP contribution in [0.25, 0.3) is 0 Å². The van der Waals surface area contributed by atoms with Crippen LogP contribution in [0.2, 0.25) is 0 Å². The van der Waals surface area contributed by atoms with Crippen LogP contribution in [-0.2, 0) is 9.47 Å². The molecule has 1 fully saturated rings. The molecule has 0 aromatic rings. The van der Waals surface area contributed by atoms with Crippen molar-refractivity contribution >= 4 is 18.1 Å². The standard InChI is InChI=1S/C21H41N5O4/c1-8-22-17(23-11-12-24-18(27)29-20(2,3)4)25-15-16-9-13-26(14-10-16)19(28)30-21(5,6)7/h16H,8-15H2,1-7H3,(H,24,27)(H2,22,23,25). The van der Waals surface area contributed by atoms with E-state index in [1.54, 1.807) is 4.90 Å². The zero-order valence-corrected chi connectivity index (χ0v) is 19.8. The number of amides is 2. The third-order valence-electron chi connectivity index (χ3n) is 4.20. The number of likely N-dealkylation sites (tertiary alicyclic amines) is 1. The van der Waals surface area contributed by atoms with Crippen LogP contribution in [0.5, 0.6) is 0 Å². The molecule has 0 aliphatic carbocycles. The van der Waals surface area contributed by atoms with E-state index in [2.05, 4.69) is 20.9 Å². The van der Waals surface area contributed by atoms with Crippen molar-refractivity contribution in [3.05, 3.63) is 0 Å². The third-order valence-corrected chi connectivity index (χ3v) is 4.20. The summed E-state index contributed by atoms with van der Waals surface area (Å²) in [6.07, 6.45) is 1.14. The van der Waals surface area contributed by atoms with E-state index in [1.807, 2.05) is 48.5 Å². The molecule has 174 valence electrons. The molecule has 3 N–H and O–H groups in total. The van der Waals surface area contributed by atoms with Gasteiger partial charge in [-0.2, -0.15) is 0 Å². The van der Waals surface area contributed by atoms with Gasteiger partial charge in [-0.05, 0) is 67.2 Å². The molecule has 2 amide bonds. The maximum atomic E-state index is 12.2. The fourth-order valence-corrected chi connectivity index (χ4v) is 2.85. The van der Waals surface area contributed by atoms with E-state index in [0.717, 1.165) is 25.3 Å². The Hall–Kier alpha value is -2.19. The number of carbonyl (C=O) groups is 2. The highest BCUT2D eigenvalue weighted by Crippen LogP contribution is 2.20.